The summed E-state index contributed by atoms with van der Waals surface area (Å²) in [7, 11) is -3.45. The van der Waals surface area contributed by atoms with Crippen LogP contribution < -0.4 is 4.72 Å². The number of ketones is 1. The fourth-order valence-electron chi connectivity index (χ4n) is 3.24. The van der Waals surface area contributed by atoms with Crippen molar-refractivity contribution < 1.29 is 13.2 Å². The molecule has 1 saturated heterocycles. The molecule has 2 unspecified atom stereocenters. The Balaban J connectivity index is 2.08. The highest BCUT2D eigenvalue weighted by Crippen LogP contribution is 2.33. The molecule has 1 heterocycles. The number of rotatable bonds is 5. The Morgan fingerprint density at radius 2 is 2.00 bits per heavy atom. The number of hydrogen-bond acceptors (Lipinski definition) is 3. The van der Waals surface area contributed by atoms with Crippen LogP contribution in [0.15, 0.2) is 0 Å². The van der Waals surface area contributed by atoms with E-state index >= 15 is 0 Å². The number of Topliss-reactive ketones (excluding diaryl/α,β-unsaturated/α-hetero) is 1. The van der Waals surface area contributed by atoms with E-state index in [9.17, 15) is 13.2 Å². The van der Waals surface area contributed by atoms with Gasteiger partial charge in [-0.2, -0.15) is 12.7 Å². The molecule has 2 rings (SSSR count). The SMILES string of the molecule is CC(C)CNS(=O)(=O)N1CCCC1C1CCCCC1=O. The van der Waals surface area contributed by atoms with Crippen LogP contribution in [0, 0.1) is 11.8 Å². The third-order valence-electron chi connectivity index (χ3n) is 4.30. The largest absolute Gasteiger partial charge is 0.299 e. The van der Waals surface area contributed by atoms with Gasteiger partial charge in [0, 0.05) is 31.5 Å². The van der Waals surface area contributed by atoms with Gasteiger partial charge in [-0.1, -0.05) is 20.3 Å². The second kappa shape index (κ2) is 6.54. The van der Waals surface area contributed by atoms with Gasteiger partial charge in [-0.25, -0.2) is 4.72 Å². The molecule has 1 N–H and O–H groups in total. The lowest BCUT2D eigenvalue weighted by Gasteiger charge is -2.32. The molecule has 2 fully saturated rings. The molecule has 1 aliphatic carbocycles. The Morgan fingerprint density at radius 3 is 2.65 bits per heavy atom. The Hall–Kier alpha value is -0.460. The smallest absolute Gasteiger partial charge is 0.279 e. The van der Waals surface area contributed by atoms with Crippen LogP contribution in [0.1, 0.15) is 52.4 Å². The molecule has 0 aromatic carbocycles. The molecule has 0 aromatic rings. The highest BCUT2D eigenvalue weighted by Gasteiger charge is 2.41. The quantitative estimate of drug-likeness (QED) is 0.840. The number of nitrogens with zero attached hydrogens (tertiary/aromatic N) is 1. The van der Waals surface area contributed by atoms with Crippen LogP contribution in [-0.4, -0.2) is 37.6 Å². The maximum atomic E-state index is 12.4. The lowest BCUT2D eigenvalue weighted by molar-refractivity contribution is -0.126. The minimum absolute atomic E-state index is 0.0816. The summed E-state index contributed by atoms with van der Waals surface area (Å²) in [5, 5.41) is 0. The molecule has 0 aromatic heterocycles. The first-order valence-corrected chi connectivity index (χ1v) is 9.15. The van der Waals surface area contributed by atoms with Crippen molar-refractivity contribution in [2.24, 2.45) is 11.8 Å². The Bertz CT molecular complexity index is 447. The molecule has 1 aliphatic heterocycles. The second-order valence-corrected chi connectivity index (χ2v) is 8.09. The van der Waals surface area contributed by atoms with Crippen LogP contribution in [0.2, 0.25) is 0 Å². The summed E-state index contributed by atoms with van der Waals surface area (Å²) in [6, 6.07) is -0.118. The van der Waals surface area contributed by atoms with E-state index in [1.54, 1.807) is 4.31 Å². The minimum atomic E-state index is -3.45. The van der Waals surface area contributed by atoms with Crippen LogP contribution >= 0.6 is 0 Å². The standard InChI is InChI=1S/C14H26N2O3S/c1-11(2)10-15-20(18,19)16-9-5-7-13(16)12-6-3-4-8-14(12)17/h11-13,15H,3-10H2,1-2H3. The van der Waals surface area contributed by atoms with Crippen LogP contribution in [0.5, 0.6) is 0 Å². The van der Waals surface area contributed by atoms with Gasteiger partial charge in [0.1, 0.15) is 5.78 Å². The van der Waals surface area contributed by atoms with Crippen LogP contribution in [-0.2, 0) is 15.0 Å². The number of hydrogen-bond donors (Lipinski definition) is 1. The predicted octanol–water partition coefficient (Wildman–Crippen LogP) is 1.70. The fourth-order valence-corrected chi connectivity index (χ4v) is 4.93. The summed E-state index contributed by atoms with van der Waals surface area (Å²) >= 11 is 0. The highest BCUT2D eigenvalue weighted by molar-refractivity contribution is 7.87. The molecular weight excluding hydrogens is 276 g/mol. The average molecular weight is 302 g/mol. The van der Waals surface area contributed by atoms with E-state index in [1.165, 1.54) is 0 Å². The van der Waals surface area contributed by atoms with E-state index in [2.05, 4.69) is 4.72 Å². The molecule has 20 heavy (non-hydrogen) atoms. The maximum Gasteiger partial charge on any atom is 0.279 e. The van der Waals surface area contributed by atoms with Gasteiger partial charge in [-0.3, -0.25) is 4.79 Å². The van der Waals surface area contributed by atoms with Crippen molar-refractivity contribution in [2.45, 2.75) is 58.4 Å². The third kappa shape index (κ3) is 3.59. The second-order valence-electron chi connectivity index (χ2n) is 6.39. The van der Waals surface area contributed by atoms with E-state index in [0.717, 1.165) is 32.1 Å². The Labute approximate surface area is 122 Å². The monoisotopic (exact) mass is 302 g/mol. The third-order valence-corrected chi connectivity index (χ3v) is 5.90. The molecule has 0 radical (unpaired) electrons. The molecular formula is C14H26N2O3S. The number of nitrogens with one attached hydrogen (secondary N) is 1. The highest BCUT2D eigenvalue weighted by atomic mass is 32.2. The van der Waals surface area contributed by atoms with Crippen LogP contribution in [0.3, 0.4) is 0 Å². The first-order valence-electron chi connectivity index (χ1n) is 7.71. The first kappa shape index (κ1) is 15.9. The predicted molar refractivity (Wildman–Crippen MR) is 78.5 cm³/mol. The zero-order valence-corrected chi connectivity index (χ0v) is 13.3. The molecule has 2 aliphatic rings. The van der Waals surface area contributed by atoms with Crippen molar-refractivity contribution in [1.29, 1.82) is 0 Å². The van der Waals surface area contributed by atoms with Crippen molar-refractivity contribution in [3.05, 3.63) is 0 Å². The van der Waals surface area contributed by atoms with Gasteiger partial charge in [0.05, 0.1) is 0 Å². The van der Waals surface area contributed by atoms with Gasteiger partial charge in [-0.15, -0.1) is 0 Å². The van der Waals surface area contributed by atoms with Crippen LogP contribution in [0.25, 0.3) is 0 Å². The molecule has 1 saturated carbocycles. The summed E-state index contributed by atoms with van der Waals surface area (Å²) in [4.78, 5) is 12.1. The van der Waals surface area contributed by atoms with Gasteiger partial charge >= 0.3 is 0 Å². The fraction of sp³-hybridized carbons (Fsp3) is 0.929. The lowest BCUT2D eigenvalue weighted by Crippen LogP contribution is -2.48. The summed E-state index contributed by atoms with van der Waals surface area (Å²) in [5.41, 5.74) is 0. The van der Waals surface area contributed by atoms with Crippen molar-refractivity contribution >= 4 is 16.0 Å². The normalized spacial score (nSPS) is 29.2. The topological polar surface area (TPSA) is 66.5 Å². The molecule has 0 amide bonds. The first-order chi connectivity index (χ1) is 9.42. The summed E-state index contributed by atoms with van der Waals surface area (Å²) in [6.07, 6.45) is 5.14. The van der Waals surface area contributed by atoms with Crippen molar-refractivity contribution in [2.75, 3.05) is 13.1 Å². The van der Waals surface area contributed by atoms with E-state index in [1.807, 2.05) is 13.8 Å². The van der Waals surface area contributed by atoms with E-state index in [-0.39, 0.29) is 23.7 Å². The summed E-state index contributed by atoms with van der Waals surface area (Å²) < 4.78 is 29.0. The molecule has 6 heteroatoms. The van der Waals surface area contributed by atoms with Crippen molar-refractivity contribution in [3.8, 4) is 0 Å². The zero-order valence-electron chi connectivity index (χ0n) is 12.5. The maximum absolute atomic E-state index is 12.4. The number of carbonyl (C=O) groups excluding carboxylic acids is 1. The van der Waals surface area contributed by atoms with Gasteiger partial charge in [0.25, 0.3) is 10.2 Å². The lowest BCUT2D eigenvalue weighted by atomic mass is 9.82. The van der Waals surface area contributed by atoms with Gasteiger partial charge in [-0.05, 0) is 31.6 Å². The summed E-state index contributed by atoms with van der Waals surface area (Å²) in [5.74, 6) is 0.455. The van der Waals surface area contributed by atoms with Crippen molar-refractivity contribution in [3.63, 3.8) is 0 Å². The molecule has 2 atom stereocenters. The van der Waals surface area contributed by atoms with Gasteiger partial charge < -0.3 is 0 Å². The molecule has 0 spiro atoms. The summed E-state index contributed by atoms with van der Waals surface area (Å²) in [6.45, 7) is 4.95. The Kier molecular flexibility index (Phi) is 5.20. The van der Waals surface area contributed by atoms with E-state index < -0.39 is 10.2 Å². The molecule has 116 valence electrons. The average Bonchev–Trinajstić information content (AvgIpc) is 2.87. The van der Waals surface area contributed by atoms with Crippen molar-refractivity contribution in [1.82, 2.24) is 9.03 Å². The zero-order chi connectivity index (χ0) is 14.8. The molecule has 0 bridgehead atoms. The van der Waals surface area contributed by atoms with Crippen LogP contribution in [0.4, 0.5) is 0 Å². The van der Waals surface area contributed by atoms with E-state index in [4.69, 9.17) is 0 Å². The molecule has 5 nitrogen and oxygen atoms in total. The number of carbonyl (C=O) groups is 1. The minimum Gasteiger partial charge on any atom is -0.299 e. The van der Waals surface area contributed by atoms with E-state index in [0.29, 0.717) is 19.5 Å². The van der Waals surface area contributed by atoms with Gasteiger partial charge in [0.2, 0.25) is 0 Å². The Morgan fingerprint density at radius 1 is 1.25 bits per heavy atom. The van der Waals surface area contributed by atoms with Gasteiger partial charge in [0.15, 0.2) is 0 Å².